The second kappa shape index (κ2) is 12.1. The molecule has 218 valence electrons. The standard InChI is InChI=1S/C35H38IN3O3/c1-4-39-34(40)38-24-28-20-29(41-2)21-31(42-3)33(28)30(36)22-32(38)35(39)16-18-37(19-17-35)23-27-14-12-26(13-15-27)11-10-25-8-6-5-7-9-25/h5-15,20-22,30H,4,16-19,23-24H2,1-3H3/b11-10+/t30-/m0/s1. The number of urea groups is 1. The number of methoxy groups -OCH3 is 2. The maximum atomic E-state index is 13.9. The van der Waals surface area contributed by atoms with Crippen LogP contribution in [0, 0.1) is 0 Å². The van der Waals surface area contributed by atoms with E-state index in [1.807, 2.05) is 17.0 Å². The molecule has 0 bridgehead atoms. The van der Waals surface area contributed by atoms with Crippen LogP contribution in [0.2, 0.25) is 0 Å². The molecule has 1 atom stereocenters. The van der Waals surface area contributed by atoms with Gasteiger partial charge in [0.05, 0.1) is 30.2 Å². The van der Waals surface area contributed by atoms with Crippen molar-refractivity contribution >= 4 is 40.8 Å². The minimum absolute atomic E-state index is 0.0902. The van der Waals surface area contributed by atoms with Crippen LogP contribution in [0.15, 0.2) is 78.5 Å². The number of piperidine rings is 1. The third-order valence-electron chi connectivity index (χ3n) is 8.96. The minimum Gasteiger partial charge on any atom is -0.497 e. The van der Waals surface area contributed by atoms with Crippen molar-refractivity contribution in [3.63, 3.8) is 0 Å². The Morgan fingerprint density at radius 2 is 1.64 bits per heavy atom. The lowest BCUT2D eigenvalue weighted by atomic mass is 9.83. The van der Waals surface area contributed by atoms with E-state index in [2.05, 4.69) is 112 Å². The van der Waals surface area contributed by atoms with Crippen LogP contribution >= 0.6 is 22.6 Å². The molecule has 2 saturated heterocycles. The molecule has 0 radical (unpaired) electrons. The molecule has 0 N–H and O–H groups in total. The number of allylic oxidation sites excluding steroid dienone is 1. The number of alkyl halides is 1. The summed E-state index contributed by atoms with van der Waals surface area (Å²) in [5.41, 5.74) is 6.81. The number of rotatable bonds is 7. The number of likely N-dealkylation sites (tertiary alicyclic amines) is 1. The summed E-state index contributed by atoms with van der Waals surface area (Å²) in [7, 11) is 3.37. The Morgan fingerprint density at radius 1 is 0.952 bits per heavy atom. The van der Waals surface area contributed by atoms with Gasteiger partial charge in [-0.05, 0) is 54.2 Å². The summed E-state index contributed by atoms with van der Waals surface area (Å²) in [4.78, 5) is 20.6. The molecule has 0 aromatic heterocycles. The molecule has 3 aliphatic rings. The first-order valence-corrected chi connectivity index (χ1v) is 15.9. The summed E-state index contributed by atoms with van der Waals surface area (Å²) in [5, 5.41) is 0. The largest absolute Gasteiger partial charge is 0.497 e. The maximum Gasteiger partial charge on any atom is 0.325 e. The number of carbonyl (C=O) groups is 1. The monoisotopic (exact) mass is 675 g/mol. The lowest BCUT2D eigenvalue weighted by Crippen LogP contribution is -2.53. The fourth-order valence-electron chi connectivity index (χ4n) is 6.79. The fourth-order valence-corrected chi connectivity index (χ4v) is 7.84. The molecule has 0 saturated carbocycles. The summed E-state index contributed by atoms with van der Waals surface area (Å²) in [6.07, 6.45) is 8.47. The predicted molar refractivity (Wildman–Crippen MR) is 177 cm³/mol. The summed E-state index contributed by atoms with van der Waals surface area (Å²) in [6.45, 7) is 6.14. The molecule has 1 spiro atoms. The number of amides is 2. The quantitative estimate of drug-likeness (QED) is 0.148. The van der Waals surface area contributed by atoms with Gasteiger partial charge in [-0.3, -0.25) is 9.80 Å². The van der Waals surface area contributed by atoms with Crippen LogP contribution in [-0.2, 0) is 13.1 Å². The summed E-state index contributed by atoms with van der Waals surface area (Å²) >= 11 is 2.49. The molecule has 2 fully saturated rings. The molecule has 2 amide bonds. The second-order valence-electron chi connectivity index (χ2n) is 11.3. The Bertz CT molecular complexity index is 1490. The van der Waals surface area contributed by atoms with Gasteiger partial charge in [0.15, 0.2) is 0 Å². The van der Waals surface area contributed by atoms with E-state index in [0.29, 0.717) is 13.1 Å². The van der Waals surface area contributed by atoms with E-state index in [4.69, 9.17) is 9.47 Å². The number of ether oxygens (including phenoxy) is 2. The number of hydrogen-bond acceptors (Lipinski definition) is 4. The fraction of sp³-hybridized carbons (Fsp3) is 0.343. The Balaban J connectivity index is 1.19. The first-order chi connectivity index (χ1) is 20.5. The summed E-state index contributed by atoms with van der Waals surface area (Å²) in [6, 6.07) is 23.4. The molecular formula is C35H38IN3O3. The Kier molecular flexibility index (Phi) is 8.32. The van der Waals surface area contributed by atoms with Crippen LogP contribution in [0.4, 0.5) is 4.79 Å². The zero-order valence-electron chi connectivity index (χ0n) is 24.6. The average molecular weight is 676 g/mol. The van der Waals surface area contributed by atoms with E-state index in [9.17, 15) is 4.79 Å². The van der Waals surface area contributed by atoms with Crippen molar-refractivity contribution in [1.82, 2.24) is 14.7 Å². The highest BCUT2D eigenvalue weighted by atomic mass is 127. The number of halogens is 1. The van der Waals surface area contributed by atoms with Crippen molar-refractivity contribution < 1.29 is 14.3 Å². The van der Waals surface area contributed by atoms with E-state index in [-0.39, 0.29) is 15.5 Å². The zero-order chi connectivity index (χ0) is 29.3. The Labute approximate surface area is 262 Å². The number of likely N-dealkylation sites (N-methyl/N-ethyl adjacent to an activating group) is 1. The van der Waals surface area contributed by atoms with E-state index in [0.717, 1.165) is 60.8 Å². The summed E-state index contributed by atoms with van der Waals surface area (Å²) < 4.78 is 11.4. The predicted octanol–water partition coefficient (Wildman–Crippen LogP) is 7.54. The number of hydrogen-bond donors (Lipinski definition) is 0. The van der Waals surface area contributed by atoms with E-state index in [1.165, 1.54) is 16.7 Å². The lowest BCUT2D eigenvalue weighted by molar-refractivity contribution is 0.0889. The number of benzene rings is 3. The molecule has 42 heavy (non-hydrogen) atoms. The smallest absolute Gasteiger partial charge is 0.325 e. The number of nitrogens with zero attached hydrogens (tertiary/aromatic N) is 3. The number of carbonyl (C=O) groups excluding carboxylic acids is 1. The van der Waals surface area contributed by atoms with Gasteiger partial charge < -0.3 is 14.4 Å². The van der Waals surface area contributed by atoms with Crippen LogP contribution < -0.4 is 9.47 Å². The van der Waals surface area contributed by atoms with E-state index in [1.54, 1.807) is 14.2 Å². The van der Waals surface area contributed by atoms with Crippen molar-refractivity contribution in [3.8, 4) is 11.5 Å². The first-order valence-electron chi connectivity index (χ1n) is 14.7. The third kappa shape index (κ3) is 5.33. The van der Waals surface area contributed by atoms with Gasteiger partial charge in [0.1, 0.15) is 11.5 Å². The molecule has 3 aromatic rings. The zero-order valence-corrected chi connectivity index (χ0v) is 26.7. The second-order valence-corrected chi connectivity index (χ2v) is 12.6. The first kappa shape index (κ1) is 28.8. The van der Waals surface area contributed by atoms with Crippen molar-refractivity contribution in [3.05, 3.63) is 106 Å². The highest BCUT2D eigenvalue weighted by Gasteiger charge is 2.54. The number of fused-ring (bicyclic) bond motifs is 3. The molecule has 3 heterocycles. The Morgan fingerprint density at radius 3 is 2.29 bits per heavy atom. The lowest BCUT2D eigenvalue weighted by Gasteiger charge is -2.44. The Hall–Kier alpha value is -3.30. The van der Waals surface area contributed by atoms with Crippen LogP contribution in [0.5, 0.6) is 11.5 Å². The molecule has 3 aromatic carbocycles. The van der Waals surface area contributed by atoms with Crippen molar-refractivity contribution in [2.24, 2.45) is 0 Å². The molecule has 7 heteroatoms. The van der Waals surface area contributed by atoms with Crippen molar-refractivity contribution in [2.45, 2.75) is 42.3 Å². The average Bonchev–Trinajstić information content (AvgIpc) is 3.12. The van der Waals surface area contributed by atoms with Crippen LogP contribution in [0.25, 0.3) is 12.2 Å². The normalized spacial score (nSPS) is 20.0. The highest BCUT2D eigenvalue weighted by molar-refractivity contribution is 14.1. The summed E-state index contributed by atoms with van der Waals surface area (Å²) in [5.74, 6) is 1.56. The maximum absolute atomic E-state index is 13.9. The van der Waals surface area contributed by atoms with Gasteiger partial charge in [-0.25, -0.2) is 4.79 Å². The van der Waals surface area contributed by atoms with Gasteiger partial charge in [0, 0.05) is 43.5 Å². The van der Waals surface area contributed by atoms with Gasteiger partial charge in [0.25, 0.3) is 0 Å². The minimum atomic E-state index is -0.281. The molecule has 6 rings (SSSR count). The van der Waals surface area contributed by atoms with Gasteiger partial charge >= 0.3 is 6.03 Å². The van der Waals surface area contributed by atoms with Crippen molar-refractivity contribution in [1.29, 1.82) is 0 Å². The molecule has 0 unspecified atom stereocenters. The topological polar surface area (TPSA) is 45.3 Å². The van der Waals surface area contributed by atoms with E-state index < -0.39 is 0 Å². The van der Waals surface area contributed by atoms with Gasteiger partial charge in [-0.15, -0.1) is 0 Å². The van der Waals surface area contributed by atoms with Gasteiger partial charge in [-0.1, -0.05) is 89.3 Å². The molecular weight excluding hydrogens is 637 g/mol. The van der Waals surface area contributed by atoms with Gasteiger partial charge in [0.2, 0.25) is 0 Å². The van der Waals surface area contributed by atoms with Crippen molar-refractivity contribution in [2.75, 3.05) is 33.9 Å². The van der Waals surface area contributed by atoms with Crippen LogP contribution in [-0.4, -0.2) is 60.1 Å². The molecule has 3 aliphatic heterocycles. The SMILES string of the molecule is CCN1C(=O)N2Cc3cc(OC)cc(OC)c3[C@@H](I)C=C2C12CCN(Cc1ccc(/C=C/c3ccccc3)cc1)CC2. The van der Waals surface area contributed by atoms with Gasteiger partial charge in [-0.2, -0.15) is 0 Å². The van der Waals surface area contributed by atoms with Crippen LogP contribution in [0.1, 0.15) is 51.5 Å². The van der Waals surface area contributed by atoms with Crippen LogP contribution in [0.3, 0.4) is 0 Å². The highest BCUT2D eigenvalue weighted by Crippen LogP contribution is 2.50. The molecule has 0 aliphatic carbocycles. The third-order valence-corrected chi connectivity index (χ3v) is 9.95. The van der Waals surface area contributed by atoms with E-state index >= 15 is 0 Å². The molecule has 6 nitrogen and oxygen atoms in total.